The van der Waals surface area contributed by atoms with E-state index in [0.29, 0.717) is 5.75 Å². The van der Waals surface area contributed by atoms with Gasteiger partial charge in [0, 0.05) is 4.90 Å². The normalized spacial score (nSPS) is 11.3. The van der Waals surface area contributed by atoms with Crippen molar-refractivity contribution in [3.05, 3.63) is 54.2 Å². The average Bonchev–Trinajstić information content (AvgIpc) is 3.03. The van der Waals surface area contributed by atoms with Gasteiger partial charge in [0.25, 0.3) is 5.88 Å². The van der Waals surface area contributed by atoms with Crippen LogP contribution in [-0.4, -0.2) is 32.0 Å². The Morgan fingerprint density at radius 2 is 1.62 bits per heavy atom. The Hall–Kier alpha value is -3.01. The summed E-state index contributed by atoms with van der Waals surface area (Å²) >= 11 is -0.170. The second-order valence-corrected chi connectivity index (χ2v) is 6.13. The van der Waals surface area contributed by atoms with Crippen molar-refractivity contribution in [2.75, 3.05) is 0 Å². The summed E-state index contributed by atoms with van der Waals surface area (Å²) in [5.74, 6) is -1.02. The molecule has 134 valence electrons. The number of alkyl halides is 3. The van der Waals surface area contributed by atoms with E-state index in [4.69, 9.17) is 9.84 Å². The highest BCUT2D eigenvalue weighted by Crippen LogP contribution is 2.37. The van der Waals surface area contributed by atoms with Gasteiger partial charge in [-0.2, -0.15) is 13.2 Å². The topological polar surface area (TPSA) is 88.1 Å². The van der Waals surface area contributed by atoms with Crippen LogP contribution in [-0.2, 0) is 0 Å². The third-order valence-electron chi connectivity index (χ3n) is 3.21. The number of hydrogen-bond donors (Lipinski definition) is 2. The Morgan fingerprint density at radius 1 is 1.04 bits per heavy atom. The molecule has 0 atom stereocenters. The number of halogens is 3. The number of aromatic nitrogens is 3. The first kappa shape index (κ1) is 17.8. The van der Waals surface area contributed by atoms with E-state index in [-0.39, 0.29) is 28.2 Å². The predicted molar refractivity (Wildman–Crippen MR) is 87.2 cm³/mol. The molecule has 0 aliphatic rings. The van der Waals surface area contributed by atoms with Crippen LogP contribution >= 0.6 is 11.8 Å². The molecule has 10 heteroatoms. The Bertz CT molecular complexity index is 909. The fourth-order valence-electron chi connectivity index (χ4n) is 2.11. The Balaban J connectivity index is 1.73. The van der Waals surface area contributed by atoms with Crippen LogP contribution in [0.1, 0.15) is 10.5 Å². The molecule has 0 amide bonds. The lowest BCUT2D eigenvalue weighted by molar-refractivity contribution is -0.0328. The van der Waals surface area contributed by atoms with Crippen molar-refractivity contribution in [1.82, 2.24) is 15.4 Å². The van der Waals surface area contributed by atoms with Crippen molar-refractivity contribution in [3.8, 4) is 22.8 Å². The van der Waals surface area contributed by atoms with E-state index in [1.807, 2.05) is 0 Å². The molecule has 1 heterocycles. The number of ether oxygens (including phenoxy) is 1. The molecule has 0 unspecified atom stereocenters. The molecule has 1 aromatic heterocycles. The standard InChI is InChI=1S/C16H10F3N3O3S/c17-16(18,19)26-12-7-3-10(4-8-12)9-1-5-11(6-2-9)25-14-13(15(23)24)20-22-21-14/h1-8H,(H,23,24)(H,20,21,22). The number of carboxylic acids is 1. The van der Waals surface area contributed by atoms with Crippen molar-refractivity contribution < 1.29 is 27.8 Å². The molecule has 0 fully saturated rings. The summed E-state index contributed by atoms with van der Waals surface area (Å²) in [6.45, 7) is 0. The zero-order valence-corrected chi connectivity index (χ0v) is 13.6. The summed E-state index contributed by atoms with van der Waals surface area (Å²) in [5, 5.41) is 18.1. The van der Waals surface area contributed by atoms with E-state index in [1.165, 1.54) is 12.1 Å². The highest BCUT2D eigenvalue weighted by atomic mass is 32.2. The molecular weight excluding hydrogens is 371 g/mol. The highest BCUT2D eigenvalue weighted by Gasteiger charge is 2.29. The molecule has 0 saturated heterocycles. The third kappa shape index (κ3) is 4.33. The second-order valence-electron chi connectivity index (χ2n) is 4.99. The van der Waals surface area contributed by atoms with Crippen molar-refractivity contribution in [3.63, 3.8) is 0 Å². The largest absolute Gasteiger partial charge is 0.476 e. The third-order valence-corrected chi connectivity index (χ3v) is 3.95. The molecule has 0 saturated carbocycles. The van der Waals surface area contributed by atoms with E-state index in [0.717, 1.165) is 11.1 Å². The van der Waals surface area contributed by atoms with Crippen molar-refractivity contribution in [2.24, 2.45) is 0 Å². The summed E-state index contributed by atoms with van der Waals surface area (Å²) in [7, 11) is 0. The van der Waals surface area contributed by atoms with Crippen molar-refractivity contribution >= 4 is 17.7 Å². The molecule has 3 aromatic rings. The summed E-state index contributed by atoms with van der Waals surface area (Å²) in [4.78, 5) is 11.1. The number of benzene rings is 2. The number of nitrogens with one attached hydrogen (secondary N) is 1. The van der Waals surface area contributed by atoms with Gasteiger partial charge < -0.3 is 9.84 Å². The molecule has 0 aliphatic heterocycles. The van der Waals surface area contributed by atoms with Gasteiger partial charge in [-0.3, -0.25) is 0 Å². The second kappa shape index (κ2) is 7.08. The van der Waals surface area contributed by atoms with Crippen LogP contribution in [0.4, 0.5) is 13.2 Å². The zero-order valence-electron chi connectivity index (χ0n) is 12.8. The van der Waals surface area contributed by atoms with Crippen LogP contribution in [0.25, 0.3) is 11.1 Å². The maximum Gasteiger partial charge on any atom is 0.446 e. The van der Waals surface area contributed by atoms with E-state index in [1.54, 1.807) is 36.4 Å². The molecular formula is C16H10F3N3O3S. The summed E-state index contributed by atoms with van der Waals surface area (Å²) < 4.78 is 42.4. The van der Waals surface area contributed by atoms with Gasteiger partial charge in [-0.25, -0.2) is 9.89 Å². The van der Waals surface area contributed by atoms with Gasteiger partial charge in [0.05, 0.1) is 0 Å². The number of carbonyl (C=O) groups is 1. The van der Waals surface area contributed by atoms with E-state index in [9.17, 15) is 18.0 Å². The minimum atomic E-state index is -4.32. The molecule has 0 aliphatic carbocycles. The van der Waals surface area contributed by atoms with Crippen molar-refractivity contribution in [2.45, 2.75) is 10.4 Å². The van der Waals surface area contributed by atoms with Gasteiger partial charge >= 0.3 is 11.5 Å². The smallest absolute Gasteiger partial charge is 0.446 e. The lowest BCUT2D eigenvalue weighted by Crippen LogP contribution is -1.99. The van der Waals surface area contributed by atoms with Crippen LogP contribution in [0.2, 0.25) is 0 Å². The lowest BCUT2D eigenvalue weighted by Gasteiger charge is -2.08. The number of nitrogens with zero attached hydrogens (tertiary/aromatic N) is 2. The zero-order chi connectivity index (χ0) is 18.7. The Labute approximate surface area is 149 Å². The minimum absolute atomic E-state index is 0.0984. The maximum atomic E-state index is 12.3. The number of aromatic carboxylic acids is 1. The van der Waals surface area contributed by atoms with Gasteiger partial charge in [-0.1, -0.05) is 29.5 Å². The monoisotopic (exact) mass is 381 g/mol. The molecule has 0 spiro atoms. The van der Waals surface area contributed by atoms with Gasteiger partial charge in [-0.15, -0.1) is 5.10 Å². The maximum absolute atomic E-state index is 12.3. The van der Waals surface area contributed by atoms with Crippen LogP contribution in [0.15, 0.2) is 53.4 Å². The quantitative estimate of drug-likeness (QED) is 0.629. The van der Waals surface area contributed by atoms with E-state index in [2.05, 4.69) is 15.4 Å². The number of rotatable bonds is 5. The molecule has 0 bridgehead atoms. The molecule has 0 radical (unpaired) electrons. The van der Waals surface area contributed by atoms with Crippen LogP contribution < -0.4 is 4.74 Å². The number of aromatic amines is 1. The van der Waals surface area contributed by atoms with E-state index >= 15 is 0 Å². The number of thioether (sulfide) groups is 1. The van der Waals surface area contributed by atoms with Gasteiger partial charge in [-0.05, 0) is 47.2 Å². The Morgan fingerprint density at radius 3 is 2.15 bits per heavy atom. The molecule has 6 nitrogen and oxygen atoms in total. The summed E-state index contributed by atoms with van der Waals surface area (Å²) in [6, 6.07) is 12.6. The molecule has 26 heavy (non-hydrogen) atoms. The van der Waals surface area contributed by atoms with Crippen molar-refractivity contribution in [1.29, 1.82) is 0 Å². The van der Waals surface area contributed by atoms with Crippen LogP contribution in [0, 0.1) is 0 Å². The van der Waals surface area contributed by atoms with Crippen LogP contribution in [0.5, 0.6) is 11.6 Å². The number of hydrogen-bond acceptors (Lipinski definition) is 5. The predicted octanol–water partition coefficient (Wildman–Crippen LogP) is 4.57. The number of H-pyrrole nitrogens is 1. The fourth-order valence-corrected chi connectivity index (χ4v) is 2.65. The fraction of sp³-hybridized carbons (Fsp3) is 0.0625. The summed E-state index contributed by atoms with van der Waals surface area (Å²) in [6.07, 6.45) is 0. The van der Waals surface area contributed by atoms with Gasteiger partial charge in [0.15, 0.2) is 0 Å². The molecule has 3 rings (SSSR count). The van der Waals surface area contributed by atoms with Crippen LogP contribution in [0.3, 0.4) is 0 Å². The minimum Gasteiger partial charge on any atom is -0.476 e. The molecule has 2 N–H and O–H groups in total. The average molecular weight is 381 g/mol. The first-order chi connectivity index (χ1) is 12.3. The first-order valence-corrected chi connectivity index (χ1v) is 7.92. The molecule has 2 aromatic carbocycles. The van der Waals surface area contributed by atoms with Gasteiger partial charge in [0.1, 0.15) is 5.75 Å². The summed E-state index contributed by atoms with van der Waals surface area (Å²) in [5.41, 5.74) is -3.16. The highest BCUT2D eigenvalue weighted by molar-refractivity contribution is 8.00. The van der Waals surface area contributed by atoms with Gasteiger partial charge in [0.2, 0.25) is 5.69 Å². The SMILES string of the molecule is O=C(O)c1nn[nH]c1Oc1ccc(-c2ccc(SC(F)(F)F)cc2)cc1. The lowest BCUT2D eigenvalue weighted by atomic mass is 10.1. The Kier molecular flexibility index (Phi) is 4.85. The first-order valence-electron chi connectivity index (χ1n) is 7.10. The van der Waals surface area contributed by atoms with E-state index < -0.39 is 11.5 Å². The number of carboxylic acid groups (broad SMARTS) is 1.